The van der Waals surface area contributed by atoms with Gasteiger partial charge in [0.2, 0.25) is 0 Å². The summed E-state index contributed by atoms with van der Waals surface area (Å²) in [6.45, 7) is 1.60. The topological polar surface area (TPSA) is 75.3 Å². The summed E-state index contributed by atoms with van der Waals surface area (Å²) in [5.41, 5.74) is 0.130. The summed E-state index contributed by atoms with van der Waals surface area (Å²) in [7, 11) is -3.96. The van der Waals surface area contributed by atoms with Crippen LogP contribution in [-0.2, 0) is 10.0 Å². The van der Waals surface area contributed by atoms with Crippen LogP contribution >= 0.6 is 15.9 Å². The van der Waals surface area contributed by atoms with Crippen molar-refractivity contribution >= 4 is 43.2 Å². The van der Waals surface area contributed by atoms with E-state index in [1.807, 2.05) is 0 Å². The fourth-order valence-corrected chi connectivity index (χ4v) is 4.20. The van der Waals surface area contributed by atoms with E-state index in [0.717, 1.165) is 22.7 Å². The van der Waals surface area contributed by atoms with Crippen LogP contribution in [0.3, 0.4) is 0 Å². The van der Waals surface area contributed by atoms with Crippen LogP contribution < -0.4 is 10.0 Å². The van der Waals surface area contributed by atoms with Crippen LogP contribution in [0.5, 0.6) is 0 Å². The van der Waals surface area contributed by atoms with Crippen LogP contribution in [0.25, 0.3) is 0 Å². The molecule has 0 saturated heterocycles. The first-order valence-electron chi connectivity index (χ1n) is 8.32. The van der Waals surface area contributed by atoms with Crippen LogP contribution in [0.2, 0.25) is 0 Å². The van der Waals surface area contributed by atoms with Crippen LogP contribution in [0.15, 0.2) is 70.0 Å². The molecule has 0 radical (unpaired) electrons. The van der Waals surface area contributed by atoms with Crippen LogP contribution in [0, 0.1) is 18.6 Å². The molecule has 3 aromatic rings. The number of aryl methyl sites for hydroxylation is 1. The third-order valence-electron chi connectivity index (χ3n) is 4.02. The molecular weight excluding hydrogens is 466 g/mol. The second-order valence-electron chi connectivity index (χ2n) is 6.14. The van der Waals surface area contributed by atoms with Crippen molar-refractivity contribution in [3.05, 3.63) is 87.9 Å². The van der Waals surface area contributed by atoms with E-state index in [1.165, 1.54) is 18.2 Å². The third kappa shape index (κ3) is 4.80. The predicted molar refractivity (Wildman–Crippen MR) is 110 cm³/mol. The molecule has 29 heavy (non-hydrogen) atoms. The molecule has 0 saturated carbocycles. The highest BCUT2D eigenvalue weighted by molar-refractivity contribution is 9.10. The van der Waals surface area contributed by atoms with Gasteiger partial charge in [-0.3, -0.25) is 9.52 Å². The number of carbonyl (C=O) groups excluding carboxylic acids is 1. The van der Waals surface area contributed by atoms with E-state index < -0.39 is 33.1 Å². The zero-order chi connectivity index (χ0) is 21.2. The number of halogens is 3. The first kappa shape index (κ1) is 20.9. The molecule has 0 aliphatic heterocycles. The Balaban J connectivity index is 1.89. The second-order valence-corrected chi connectivity index (χ2v) is 8.71. The minimum Gasteiger partial charge on any atom is -0.322 e. The van der Waals surface area contributed by atoms with Gasteiger partial charge in [0.15, 0.2) is 0 Å². The summed E-state index contributed by atoms with van der Waals surface area (Å²) in [4.78, 5) is 12.2. The highest BCUT2D eigenvalue weighted by Gasteiger charge is 2.20. The summed E-state index contributed by atoms with van der Waals surface area (Å²) in [6, 6.07) is 13.8. The largest absolute Gasteiger partial charge is 0.322 e. The summed E-state index contributed by atoms with van der Waals surface area (Å²) in [5.74, 6) is -3.05. The lowest BCUT2D eigenvalue weighted by atomic mass is 10.1. The van der Waals surface area contributed by atoms with Crippen molar-refractivity contribution in [1.82, 2.24) is 0 Å². The predicted octanol–water partition coefficient (Wildman–Crippen LogP) is 5.09. The van der Waals surface area contributed by atoms with Gasteiger partial charge in [-0.1, -0.05) is 28.1 Å². The molecule has 5 nitrogen and oxygen atoms in total. The maximum atomic E-state index is 13.8. The molecule has 0 fully saturated rings. The quantitative estimate of drug-likeness (QED) is 0.533. The van der Waals surface area contributed by atoms with Crippen molar-refractivity contribution < 1.29 is 22.0 Å². The van der Waals surface area contributed by atoms with Gasteiger partial charge in [-0.2, -0.15) is 0 Å². The number of carbonyl (C=O) groups is 1. The Morgan fingerprint density at radius 1 is 0.931 bits per heavy atom. The monoisotopic (exact) mass is 480 g/mol. The number of anilines is 2. The standard InChI is InChI=1S/C20H15BrF2N2O3S/c1-12-5-8-15(24-20(26)19-16(22)3-2-4-17(19)23)11-18(12)29(27,28)25-14-9-6-13(21)7-10-14/h2-11,25H,1H3,(H,24,26). The zero-order valence-electron chi connectivity index (χ0n) is 15.0. The Morgan fingerprint density at radius 2 is 1.52 bits per heavy atom. The molecule has 3 rings (SSSR count). The van der Waals surface area contributed by atoms with Gasteiger partial charge >= 0.3 is 0 Å². The number of nitrogens with one attached hydrogen (secondary N) is 2. The van der Waals surface area contributed by atoms with E-state index in [0.29, 0.717) is 11.3 Å². The SMILES string of the molecule is Cc1ccc(NC(=O)c2c(F)cccc2F)cc1S(=O)(=O)Nc1ccc(Br)cc1. The molecule has 150 valence electrons. The highest BCUT2D eigenvalue weighted by atomic mass is 79.9. The highest BCUT2D eigenvalue weighted by Crippen LogP contribution is 2.24. The number of sulfonamides is 1. The average Bonchev–Trinajstić information content (AvgIpc) is 2.65. The van der Waals surface area contributed by atoms with Crippen molar-refractivity contribution in [2.75, 3.05) is 10.0 Å². The summed E-state index contributed by atoms with van der Waals surface area (Å²) in [5, 5.41) is 2.33. The maximum absolute atomic E-state index is 13.8. The van der Waals surface area contributed by atoms with Crippen LogP contribution in [-0.4, -0.2) is 14.3 Å². The normalized spacial score (nSPS) is 11.2. The fourth-order valence-electron chi connectivity index (χ4n) is 2.60. The van der Waals surface area contributed by atoms with Gasteiger partial charge < -0.3 is 5.32 Å². The molecular formula is C20H15BrF2N2O3S. The van der Waals surface area contributed by atoms with E-state index in [9.17, 15) is 22.0 Å². The van der Waals surface area contributed by atoms with Gasteiger partial charge in [0.25, 0.3) is 15.9 Å². The summed E-state index contributed by atoms with van der Waals surface area (Å²) in [6.07, 6.45) is 0. The average molecular weight is 481 g/mol. The molecule has 3 aromatic carbocycles. The van der Waals surface area contributed by atoms with Gasteiger partial charge in [0.1, 0.15) is 17.2 Å². The van der Waals surface area contributed by atoms with Crippen molar-refractivity contribution in [3.63, 3.8) is 0 Å². The molecule has 0 unspecified atom stereocenters. The lowest BCUT2D eigenvalue weighted by molar-refractivity contribution is 0.101. The number of rotatable bonds is 5. The molecule has 0 bridgehead atoms. The number of hydrogen-bond acceptors (Lipinski definition) is 3. The third-order valence-corrected chi connectivity index (χ3v) is 6.07. The smallest absolute Gasteiger partial charge is 0.262 e. The Kier molecular flexibility index (Phi) is 5.99. The van der Waals surface area contributed by atoms with Crippen LogP contribution in [0.4, 0.5) is 20.2 Å². The van der Waals surface area contributed by atoms with Crippen LogP contribution in [0.1, 0.15) is 15.9 Å². The zero-order valence-corrected chi connectivity index (χ0v) is 17.4. The lowest BCUT2D eigenvalue weighted by Gasteiger charge is -2.13. The first-order valence-corrected chi connectivity index (χ1v) is 10.6. The van der Waals surface area contributed by atoms with Crippen molar-refractivity contribution in [3.8, 4) is 0 Å². The first-order chi connectivity index (χ1) is 13.7. The molecule has 9 heteroatoms. The van der Waals surface area contributed by atoms with E-state index in [-0.39, 0.29) is 10.6 Å². The molecule has 0 aliphatic rings. The number of hydrogen-bond donors (Lipinski definition) is 2. The van der Waals surface area contributed by atoms with E-state index >= 15 is 0 Å². The molecule has 0 heterocycles. The van der Waals surface area contributed by atoms with Gasteiger partial charge in [-0.05, 0) is 61.0 Å². The van der Waals surface area contributed by atoms with Crippen molar-refractivity contribution in [2.45, 2.75) is 11.8 Å². The van der Waals surface area contributed by atoms with E-state index in [2.05, 4.69) is 26.0 Å². The number of amides is 1. The van der Waals surface area contributed by atoms with Gasteiger partial charge in [0, 0.05) is 15.8 Å². The van der Waals surface area contributed by atoms with Crippen molar-refractivity contribution in [1.29, 1.82) is 0 Å². The minimum atomic E-state index is -3.96. The maximum Gasteiger partial charge on any atom is 0.262 e. The fraction of sp³-hybridized carbons (Fsp3) is 0.0500. The lowest BCUT2D eigenvalue weighted by Crippen LogP contribution is -2.18. The molecule has 1 amide bonds. The van der Waals surface area contributed by atoms with E-state index in [4.69, 9.17) is 0 Å². The Hall–Kier alpha value is -2.78. The summed E-state index contributed by atoms with van der Waals surface area (Å²) < 4.78 is 56.4. The molecule has 2 N–H and O–H groups in total. The van der Waals surface area contributed by atoms with Gasteiger partial charge in [-0.15, -0.1) is 0 Å². The molecule has 0 aliphatic carbocycles. The Labute approximate surface area is 174 Å². The van der Waals surface area contributed by atoms with Gasteiger partial charge in [-0.25, -0.2) is 17.2 Å². The minimum absolute atomic E-state index is 0.0766. The van der Waals surface area contributed by atoms with Gasteiger partial charge in [0.05, 0.1) is 4.90 Å². The Bertz CT molecular complexity index is 1160. The number of benzene rings is 3. The second kappa shape index (κ2) is 8.30. The summed E-state index contributed by atoms with van der Waals surface area (Å²) >= 11 is 3.27. The molecule has 0 spiro atoms. The molecule has 0 atom stereocenters. The Morgan fingerprint density at radius 3 is 2.14 bits per heavy atom. The van der Waals surface area contributed by atoms with E-state index in [1.54, 1.807) is 31.2 Å². The molecule has 0 aromatic heterocycles. The van der Waals surface area contributed by atoms with Crippen molar-refractivity contribution in [2.24, 2.45) is 0 Å².